The van der Waals surface area contributed by atoms with Gasteiger partial charge in [-0.25, -0.2) is 0 Å². The fourth-order valence-electron chi connectivity index (χ4n) is 2.62. The van der Waals surface area contributed by atoms with Crippen molar-refractivity contribution in [1.29, 1.82) is 0 Å². The Labute approximate surface area is 98.8 Å². The van der Waals surface area contributed by atoms with Crippen LogP contribution in [0.1, 0.15) is 34.1 Å². The van der Waals surface area contributed by atoms with Gasteiger partial charge in [0, 0.05) is 5.41 Å². The van der Waals surface area contributed by atoms with Crippen LogP contribution in [0.5, 0.6) is 0 Å². The highest BCUT2D eigenvalue weighted by atomic mass is 14.3. The minimum atomic E-state index is 0.113. The maximum absolute atomic E-state index is 3.29. The van der Waals surface area contributed by atoms with E-state index in [1.807, 2.05) is 0 Å². The maximum Gasteiger partial charge on any atom is 0.0149 e. The summed E-state index contributed by atoms with van der Waals surface area (Å²) < 4.78 is 0. The summed E-state index contributed by atoms with van der Waals surface area (Å²) in [6, 6.07) is 0. The molecule has 0 heteroatoms. The lowest BCUT2D eigenvalue weighted by molar-refractivity contribution is 0.546. The topological polar surface area (TPSA) is 0 Å². The molecule has 0 heterocycles. The molecular weight excluding hydrogens is 192 g/mol. The largest absolute Gasteiger partial charge is 0.0801 e. The van der Waals surface area contributed by atoms with E-state index in [1.54, 1.807) is 0 Å². The van der Waals surface area contributed by atoms with Crippen molar-refractivity contribution in [3.05, 3.63) is 58.7 Å². The molecule has 0 aliphatic heterocycles. The Balaban J connectivity index is 2.44. The molecule has 2 aliphatic rings. The van der Waals surface area contributed by atoms with Gasteiger partial charge in [0.25, 0.3) is 0 Å². The standard InChI is InChI=1S/C16H19/c1-12(2)14-10-7-11-15(16(14,3)4)13-8-5-6-9-13/h5-6,8,10-11H,9H2,1-4H3. The lowest BCUT2D eigenvalue weighted by Gasteiger charge is -2.34. The van der Waals surface area contributed by atoms with Crippen molar-refractivity contribution in [2.45, 2.75) is 34.1 Å². The Kier molecular flexibility index (Phi) is 2.75. The molecule has 0 bridgehead atoms. The highest BCUT2D eigenvalue weighted by Crippen LogP contribution is 2.44. The highest BCUT2D eigenvalue weighted by Gasteiger charge is 2.31. The van der Waals surface area contributed by atoms with Crippen LogP contribution in [0.15, 0.2) is 52.7 Å². The summed E-state index contributed by atoms with van der Waals surface area (Å²) in [5, 5.41) is 0. The zero-order valence-electron chi connectivity index (χ0n) is 10.6. The van der Waals surface area contributed by atoms with E-state index in [-0.39, 0.29) is 5.41 Å². The average molecular weight is 211 g/mol. The number of allylic oxidation sites excluding steroid dienone is 10. The Morgan fingerprint density at radius 2 is 2.06 bits per heavy atom. The van der Waals surface area contributed by atoms with E-state index < -0.39 is 0 Å². The molecule has 0 spiro atoms. The van der Waals surface area contributed by atoms with Crippen LogP contribution >= 0.6 is 0 Å². The third-order valence-electron chi connectivity index (χ3n) is 3.46. The summed E-state index contributed by atoms with van der Waals surface area (Å²) in [7, 11) is 0. The van der Waals surface area contributed by atoms with Crippen LogP contribution in [-0.4, -0.2) is 0 Å². The van der Waals surface area contributed by atoms with Gasteiger partial charge >= 0.3 is 0 Å². The van der Waals surface area contributed by atoms with Crippen molar-refractivity contribution in [1.82, 2.24) is 0 Å². The van der Waals surface area contributed by atoms with E-state index in [9.17, 15) is 0 Å². The molecule has 1 radical (unpaired) electrons. The maximum atomic E-state index is 3.29. The molecule has 0 N–H and O–H groups in total. The summed E-state index contributed by atoms with van der Waals surface area (Å²) in [5.74, 6) is 0. The summed E-state index contributed by atoms with van der Waals surface area (Å²) in [4.78, 5) is 0. The monoisotopic (exact) mass is 211 g/mol. The molecule has 2 aliphatic carbocycles. The lowest BCUT2D eigenvalue weighted by atomic mass is 9.70. The molecule has 0 fully saturated rings. The molecule has 16 heavy (non-hydrogen) atoms. The molecule has 0 saturated heterocycles. The van der Waals surface area contributed by atoms with Crippen molar-refractivity contribution < 1.29 is 0 Å². The summed E-state index contributed by atoms with van der Waals surface area (Å²) in [5.41, 5.74) is 5.75. The van der Waals surface area contributed by atoms with Gasteiger partial charge in [0.2, 0.25) is 0 Å². The van der Waals surface area contributed by atoms with Gasteiger partial charge < -0.3 is 0 Å². The van der Waals surface area contributed by atoms with Crippen LogP contribution in [0.2, 0.25) is 0 Å². The molecule has 0 aromatic carbocycles. The highest BCUT2D eigenvalue weighted by molar-refractivity contribution is 5.52. The van der Waals surface area contributed by atoms with E-state index in [4.69, 9.17) is 0 Å². The van der Waals surface area contributed by atoms with Crippen molar-refractivity contribution in [3.8, 4) is 0 Å². The van der Waals surface area contributed by atoms with Gasteiger partial charge in [-0.05, 0) is 49.1 Å². The van der Waals surface area contributed by atoms with E-state index >= 15 is 0 Å². The summed E-state index contributed by atoms with van der Waals surface area (Å²) in [6.07, 6.45) is 15.2. The molecule has 0 unspecified atom stereocenters. The minimum Gasteiger partial charge on any atom is -0.0801 e. The van der Waals surface area contributed by atoms with Crippen molar-refractivity contribution >= 4 is 0 Å². The van der Waals surface area contributed by atoms with Gasteiger partial charge in [-0.15, -0.1) is 0 Å². The van der Waals surface area contributed by atoms with Crippen LogP contribution in [0.3, 0.4) is 0 Å². The number of hydrogen-bond acceptors (Lipinski definition) is 0. The number of rotatable bonds is 1. The van der Waals surface area contributed by atoms with Crippen molar-refractivity contribution in [2.24, 2.45) is 5.41 Å². The first kappa shape index (κ1) is 11.2. The molecule has 2 rings (SSSR count). The first-order valence-electron chi connectivity index (χ1n) is 5.87. The molecular formula is C16H19. The Bertz CT molecular complexity index is 444. The minimum absolute atomic E-state index is 0.113. The van der Waals surface area contributed by atoms with E-state index in [1.165, 1.54) is 22.3 Å². The Morgan fingerprint density at radius 1 is 1.31 bits per heavy atom. The third-order valence-corrected chi connectivity index (χ3v) is 3.46. The van der Waals surface area contributed by atoms with Crippen LogP contribution in [-0.2, 0) is 0 Å². The van der Waals surface area contributed by atoms with Crippen LogP contribution in [0.4, 0.5) is 0 Å². The van der Waals surface area contributed by atoms with Crippen LogP contribution in [0, 0.1) is 11.5 Å². The molecule has 0 amide bonds. The third kappa shape index (κ3) is 1.73. The zero-order valence-corrected chi connectivity index (χ0v) is 10.6. The van der Waals surface area contributed by atoms with Gasteiger partial charge in [-0.2, -0.15) is 0 Å². The average Bonchev–Trinajstić information content (AvgIpc) is 2.68. The van der Waals surface area contributed by atoms with Crippen molar-refractivity contribution in [2.75, 3.05) is 0 Å². The quantitative estimate of drug-likeness (QED) is 0.597. The fraction of sp³-hybridized carbons (Fsp3) is 0.375. The molecule has 0 atom stereocenters. The van der Waals surface area contributed by atoms with Crippen LogP contribution < -0.4 is 0 Å². The second-order valence-corrected chi connectivity index (χ2v) is 5.23. The van der Waals surface area contributed by atoms with E-state index in [0.29, 0.717) is 0 Å². The first-order valence-corrected chi connectivity index (χ1v) is 5.87. The van der Waals surface area contributed by atoms with Crippen LogP contribution in [0.25, 0.3) is 0 Å². The lowest BCUT2D eigenvalue weighted by Crippen LogP contribution is -2.21. The molecule has 0 aromatic rings. The zero-order chi connectivity index (χ0) is 11.8. The molecule has 0 aromatic heterocycles. The second kappa shape index (κ2) is 3.93. The Hall–Kier alpha value is -1.30. The Morgan fingerprint density at radius 3 is 2.62 bits per heavy atom. The summed E-state index contributed by atoms with van der Waals surface area (Å²) in [6.45, 7) is 8.97. The van der Waals surface area contributed by atoms with Gasteiger partial charge in [0.05, 0.1) is 0 Å². The second-order valence-electron chi connectivity index (χ2n) is 5.23. The predicted octanol–water partition coefficient (Wildman–Crippen LogP) is 4.53. The van der Waals surface area contributed by atoms with E-state index in [2.05, 4.69) is 64.2 Å². The van der Waals surface area contributed by atoms with Gasteiger partial charge in [0.15, 0.2) is 0 Å². The molecule has 83 valence electrons. The summed E-state index contributed by atoms with van der Waals surface area (Å²) >= 11 is 0. The first-order chi connectivity index (χ1) is 7.53. The van der Waals surface area contributed by atoms with Gasteiger partial charge in [-0.3, -0.25) is 0 Å². The normalized spacial score (nSPS) is 22.1. The SMILES string of the molecule is CC(C)=C1C=[C]C=C(C2=CC=CC2)C1(C)C. The smallest absolute Gasteiger partial charge is 0.0149 e. The van der Waals surface area contributed by atoms with Gasteiger partial charge in [0.1, 0.15) is 0 Å². The predicted molar refractivity (Wildman–Crippen MR) is 69.9 cm³/mol. The molecule has 0 saturated carbocycles. The molecule has 0 nitrogen and oxygen atoms in total. The van der Waals surface area contributed by atoms with Crippen molar-refractivity contribution in [3.63, 3.8) is 0 Å². The fourth-order valence-corrected chi connectivity index (χ4v) is 2.62. The van der Waals surface area contributed by atoms with E-state index in [0.717, 1.165) is 6.42 Å². The van der Waals surface area contributed by atoms with Gasteiger partial charge in [-0.1, -0.05) is 43.7 Å². The number of hydrogen-bond donors (Lipinski definition) is 0.